The lowest BCUT2D eigenvalue weighted by atomic mass is 10.1. The number of aromatic nitrogens is 3. The van der Waals surface area contributed by atoms with Gasteiger partial charge in [-0.25, -0.2) is 14.5 Å². The lowest BCUT2D eigenvalue weighted by Crippen LogP contribution is -2.43. The number of hydrogen-bond acceptors (Lipinski definition) is 7. The molecule has 2 N–H and O–H groups in total. The van der Waals surface area contributed by atoms with Crippen molar-refractivity contribution in [2.24, 2.45) is 10.7 Å². The van der Waals surface area contributed by atoms with Gasteiger partial charge in [0, 0.05) is 30.6 Å². The summed E-state index contributed by atoms with van der Waals surface area (Å²) in [5, 5.41) is 3.50. The number of halogens is 8. The first-order chi connectivity index (χ1) is 15.2. The lowest BCUT2D eigenvalue weighted by Gasteiger charge is -2.23. The second kappa shape index (κ2) is 9.64. The molecule has 180 valence electrons. The lowest BCUT2D eigenvalue weighted by molar-refractivity contribution is -0.266. The monoisotopic (exact) mass is 503 g/mol. The number of allylic oxidation sites excluding steroid dienone is 2. The summed E-state index contributed by atoms with van der Waals surface area (Å²) in [7, 11) is 1.98. The highest BCUT2D eigenvalue weighted by atomic mass is 35.5. The van der Waals surface area contributed by atoms with E-state index in [1.54, 1.807) is 0 Å². The molecule has 0 radical (unpaired) electrons. The molecule has 0 amide bonds. The van der Waals surface area contributed by atoms with Crippen LogP contribution in [0.3, 0.4) is 0 Å². The molecule has 0 unspecified atom stereocenters. The molecule has 2 aromatic rings. The molecule has 33 heavy (non-hydrogen) atoms. The minimum absolute atomic E-state index is 0.114. The summed E-state index contributed by atoms with van der Waals surface area (Å²) in [6, 6.07) is 1.23. The van der Waals surface area contributed by atoms with Crippen LogP contribution in [0.25, 0.3) is 11.1 Å². The highest BCUT2D eigenvalue weighted by Gasteiger charge is 2.61. The number of aliphatic imine (C=N–C) groups is 1. The number of alkyl halides is 7. The number of hydrogen-bond donors (Lipinski definition) is 1. The molecular weight excluding hydrogens is 491 g/mol. The molecule has 2 heterocycles. The molecule has 0 aromatic carbocycles. The van der Waals surface area contributed by atoms with Crippen LogP contribution in [0.15, 0.2) is 41.1 Å². The summed E-state index contributed by atoms with van der Waals surface area (Å²) in [5.41, 5.74) is 2.69. The molecule has 0 aliphatic rings. The summed E-state index contributed by atoms with van der Waals surface area (Å²) in [4.78, 5) is 19.0. The predicted molar refractivity (Wildman–Crippen MR) is 99.9 cm³/mol. The van der Waals surface area contributed by atoms with Crippen molar-refractivity contribution in [3.05, 3.63) is 46.8 Å². The van der Waals surface area contributed by atoms with Gasteiger partial charge in [0.2, 0.25) is 0 Å². The molecule has 0 spiro atoms. The Balaban J connectivity index is 2.59. The Bertz CT molecular complexity index is 1100. The zero-order valence-corrected chi connectivity index (χ0v) is 17.3. The van der Waals surface area contributed by atoms with Crippen molar-refractivity contribution in [1.82, 2.24) is 14.8 Å². The van der Waals surface area contributed by atoms with Crippen LogP contribution in [0, 0.1) is 0 Å². The molecule has 0 saturated carbocycles. The minimum Gasteiger partial charge on any atom is -0.465 e. The van der Waals surface area contributed by atoms with Crippen molar-refractivity contribution >= 4 is 23.4 Å². The van der Waals surface area contributed by atoms with E-state index >= 15 is 0 Å². The third kappa shape index (κ3) is 5.35. The van der Waals surface area contributed by atoms with Crippen LogP contribution in [0.1, 0.15) is 10.4 Å². The smallest absolute Gasteiger partial charge is 0.459 e. The van der Waals surface area contributed by atoms with Crippen molar-refractivity contribution in [2.75, 3.05) is 14.2 Å². The van der Waals surface area contributed by atoms with Crippen molar-refractivity contribution in [2.45, 2.75) is 18.7 Å². The van der Waals surface area contributed by atoms with E-state index in [-0.39, 0.29) is 21.8 Å². The van der Waals surface area contributed by atoms with Crippen LogP contribution in [0.5, 0.6) is 0 Å². The molecular formula is C17H13ClF7N5O3. The fraction of sp³-hybridized carbons (Fsp3) is 0.294. The first-order valence-electron chi connectivity index (χ1n) is 8.40. The van der Waals surface area contributed by atoms with E-state index in [1.165, 1.54) is 12.3 Å². The van der Waals surface area contributed by atoms with Crippen molar-refractivity contribution < 1.29 is 45.0 Å². The Hall–Kier alpha value is -3.36. The molecule has 2 aromatic heterocycles. The van der Waals surface area contributed by atoms with E-state index in [1.807, 2.05) is 0 Å². The standard InChI is InChI=1S/C17H13ClF7N5O3/c1-27-13(10(33-15(19)20)11(26)16(21,22)17(23,24)25)30-6-8(5-29-30)7-3-9(14(31)32-2)12(18)28-4-7/h3-6,15H,26H2,1-2H3. The number of pyridine rings is 1. The molecule has 2 rings (SSSR count). The van der Waals surface area contributed by atoms with Gasteiger partial charge < -0.3 is 15.2 Å². The Morgan fingerprint density at radius 1 is 1.21 bits per heavy atom. The molecule has 0 bridgehead atoms. The van der Waals surface area contributed by atoms with Gasteiger partial charge in [-0.2, -0.15) is 35.8 Å². The van der Waals surface area contributed by atoms with Crippen molar-refractivity contribution in [3.63, 3.8) is 0 Å². The predicted octanol–water partition coefficient (Wildman–Crippen LogP) is 3.87. The van der Waals surface area contributed by atoms with Gasteiger partial charge in [0.15, 0.2) is 11.6 Å². The molecule has 0 aliphatic carbocycles. The van der Waals surface area contributed by atoms with E-state index in [0.717, 1.165) is 26.6 Å². The summed E-state index contributed by atoms with van der Waals surface area (Å²) in [6.07, 6.45) is -2.98. The maximum absolute atomic E-state index is 13.7. The maximum Gasteiger partial charge on any atom is 0.459 e. The van der Waals surface area contributed by atoms with E-state index in [2.05, 4.69) is 24.5 Å². The molecule has 0 fully saturated rings. The Morgan fingerprint density at radius 2 is 1.85 bits per heavy atom. The molecule has 16 heteroatoms. The zero-order chi connectivity index (χ0) is 25.1. The van der Waals surface area contributed by atoms with Crippen LogP contribution in [-0.2, 0) is 9.47 Å². The first-order valence-corrected chi connectivity index (χ1v) is 8.78. The van der Waals surface area contributed by atoms with Gasteiger partial charge in [0.25, 0.3) is 0 Å². The first kappa shape index (κ1) is 25.9. The second-order valence-corrected chi connectivity index (χ2v) is 6.33. The Kier molecular flexibility index (Phi) is 7.57. The average Bonchev–Trinajstić information content (AvgIpc) is 3.21. The largest absolute Gasteiger partial charge is 0.465 e. The van der Waals surface area contributed by atoms with Crippen molar-refractivity contribution in [3.8, 4) is 11.1 Å². The van der Waals surface area contributed by atoms with Gasteiger partial charge in [-0.1, -0.05) is 11.6 Å². The number of rotatable bonds is 6. The van der Waals surface area contributed by atoms with Gasteiger partial charge in [0.05, 0.1) is 18.9 Å². The summed E-state index contributed by atoms with van der Waals surface area (Å²) < 4.78 is 100. The summed E-state index contributed by atoms with van der Waals surface area (Å²) >= 11 is 5.82. The van der Waals surface area contributed by atoms with Gasteiger partial charge in [-0.3, -0.25) is 4.99 Å². The van der Waals surface area contributed by atoms with Crippen LogP contribution >= 0.6 is 11.6 Å². The Morgan fingerprint density at radius 3 is 2.36 bits per heavy atom. The van der Waals surface area contributed by atoms with Gasteiger partial charge in [-0.15, -0.1) is 0 Å². The SMILES string of the molecule is CN=C(C(OC(F)F)=C(N)C(F)(F)C(F)(F)F)n1cc(-c2cnc(Cl)c(C(=O)OC)c2)cn1. The van der Waals surface area contributed by atoms with E-state index in [0.29, 0.717) is 4.68 Å². The Labute approximate surface area is 185 Å². The number of esters is 1. The average molecular weight is 504 g/mol. The number of methoxy groups -OCH3 is 1. The van der Waals surface area contributed by atoms with E-state index < -0.39 is 42.0 Å². The van der Waals surface area contributed by atoms with Gasteiger partial charge in [-0.05, 0) is 6.07 Å². The number of carbonyl (C=O) groups is 1. The molecule has 0 atom stereocenters. The molecule has 8 nitrogen and oxygen atoms in total. The fourth-order valence-corrected chi connectivity index (χ4v) is 2.56. The van der Waals surface area contributed by atoms with E-state index in [4.69, 9.17) is 17.3 Å². The normalized spacial score (nSPS) is 13.7. The van der Waals surface area contributed by atoms with Gasteiger partial charge in [0.1, 0.15) is 10.9 Å². The minimum atomic E-state index is -6.21. The summed E-state index contributed by atoms with van der Waals surface area (Å²) in [5.74, 6) is -9.29. The van der Waals surface area contributed by atoms with Crippen LogP contribution in [0.2, 0.25) is 5.15 Å². The number of nitrogens with zero attached hydrogens (tertiary/aromatic N) is 4. The van der Waals surface area contributed by atoms with Crippen LogP contribution in [-0.4, -0.2) is 59.4 Å². The highest BCUT2D eigenvalue weighted by Crippen LogP contribution is 2.40. The van der Waals surface area contributed by atoms with Gasteiger partial charge >= 0.3 is 24.7 Å². The maximum atomic E-state index is 13.7. The molecule has 0 saturated heterocycles. The van der Waals surface area contributed by atoms with E-state index in [9.17, 15) is 35.5 Å². The third-order valence-electron chi connectivity index (χ3n) is 3.94. The third-order valence-corrected chi connectivity index (χ3v) is 4.24. The molecule has 0 aliphatic heterocycles. The topological polar surface area (TPSA) is 105 Å². The van der Waals surface area contributed by atoms with Crippen LogP contribution in [0.4, 0.5) is 30.7 Å². The quantitative estimate of drug-likeness (QED) is 0.160. The van der Waals surface area contributed by atoms with Crippen molar-refractivity contribution in [1.29, 1.82) is 0 Å². The number of ether oxygens (including phenoxy) is 2. The number of carbonyl (C=O) groups excluding carboxylic acids is 1. The van der Waals surface area contributed by atoms with Crippen LogP contribution < -0.4 is 5.73 Å². The second-order valence-electron chi connectivity index (χ2n) is 5.97. The number of nitrogens with two attached hydrogens (primary N) is 1. The fourth-order valence-electron chi connectivity index (χ4n) is 2.38. The zero-order valence-electron chi connectivity index (χ0n) is 16.5. The highest BCUT2D eigenvalue weighted by molar-refractivity contribution is 6.32. The summed E-state index contributed by atoms with van der Waals surface area (Å²) in [6.45, 7) is -3.82.